The number of nitrogens with zero attached hydrogens (tertiary/aromatic N) is 3. The zero-order chi connectivity index (χ0) is 17.3. The second-order valence-corrected chi connectivity index (χ2v) is 6.75. The van der Waals surface area contributed by atoms with E-state index in [2.05, 4.69) is 51.0 Å². The zero-order valence-electron chi connectivity index (χ0n) is 15.0. The maximum atomic E-state index is 5.44. The molecule has 1 saturated heterocycles. The Morgan fingerprint density at radius 2 is 2.12 bits per heavy atom. The Balaban J connectivity index is 0.00000243. The van der Waals surface area contributed by atoms with Crippen molar-refractivity contribution in [1.29, 1.82) is 0 Å². The molecule has 26 heavy (non-hydrogen) atoms. The SMILES string of the molecule is CCNC(=NCc1cccnc1N1CCOCC1)NCc1cccs1.I. The van der Waals surface area contributed by atoms with Gasteiger partial charge in [0, 0.05) is 36.3 Å². The van der Waals surface area contributed by atoms with Crippen molar-refractivity contribution < 1.29 is 4.74 Å². The van der Waals surface area contributed by atoms with Crippen molar-refractivity contribution >= 4 is 47.1 Å². The highest BCUT2D eigenvalue weighted by Crippen LogP contribution is 2.19. The number of hydrogen-bond acceptors (Lipinski definition) is 5. The first-order valence-electron chi connectivity index (χ1n) is 8.68. The molecule has 2 aromatic heterocycles. The van der Waals surface area contributed by atoms with E-state index in [-0.39, 0.29) is 24.0 Å². The number of ether oxygens (including phenoxy) is 1. The van der Waals surface area contributed by atoms with Crippen LogP contribution >= 0.6 is 35.3 Å². The van der Waals surface area contributed by atoms with Crippen LogP contribution in [0.4, 0.5) is 5.82 Å². The van der Waals surface area contributed by atoms with Crippen molar-refractivity contribution in [1.82, 2.24) is 15.6 Å². The lowest BCUT2D eigenvalue weighted by Gasteiger charge is -2.29. The summed E-state index contributed by atoms with van der Waals surface area (Å²) in [5.74, 6) is 1.84. The molecule has 0 aromatic carbocycles. The van der Waals surface area contributed by atoms with E-state index in [0.29, 0.717) is 6.54 Å². The van der Waals surface area contributed by atoms with Gasteiger partial charge in [-0.05, 0) is 24.4 Å². The maximum Gasteiger partial charge on any atom is 0.191 e. The molecule has 6 nitrogen and oxygen atoms in total. The highest BCUT2D eigenvalue weighted by molar-refractivity contribution is 14.0. The summed E-state index contributed by atoms with van der Waals surface area (Å²) in [6.45, 7) is 7.56. The van der Waals surface area contributed by atoms with Crippen molar-refractivity contribution in [2.75, 3.05) is 37.7 Å². The molecular weight excluding hydrogens is 461 g/mol. The highest BCUT2D eigenvalue weighted by atomic mass is 127. The Morgan fingerprint density at radius 3 is 2.85 bits per heavy atom. The molecule has 0 bridgehead atoms. The van der Waals surface area contributed by atoms with Crippen LogP contribution in [-0.2, 0) is 17.8 Å². The van der Waals surface area contributed by atoms with Crippen molar-refractivity contribution in [3.63, 3.8) is 0 Å². The minimum Gasteiger partial charge on any atom is -0.378 e. The molecule has 3 heterocycles. The summed E-state index contributed by atoms with van der Waals surface area (Å²) in [6.07, 6.45) is 1.85. The lowest BCUT2D eigenvalue weighted by atomic mass is 10.2. The van der Waals surface area contributed by atoms with Crippen molar-refractivity contribution in [3.8, 4) is 0 Å². The molecule has 1 aliphatic heterocycles. The van der Waals surface area contributed by atoms with E-state index in [1.807, 2.05) is 12.3 Å². The molecule has 142 valence electrons. The number of thiophene rings is 1. The molecule has 1 fully saturated rings. The van der Waals surface area contributed by atoms with Gasteiger partial charge < -0.3 is 20.3 Å². The average Bonchev–Trinajstić information content (AvgIpc) is 3.18. The Labute approximate surface area is 176 Å². The molecule has 0 radical (unpaired) electrons. The third-order valence-electron chi connectivity index (χ3n) is 3.94. The minimum atomic E-state index is 0. The minimum absolute atomic E-state index is 0. The second-order valence-electron chi connectivity index (χ2n) is 5.71. The number of guanidine groups is 1. The predicted octanol–water partition coefficient (Wildman–Crippen LogP) is 2.85. The van der Waals surface area contributed by atoms with Gasteiger partial charge in [0.25, 0.3) is 0 Å². The standard InChI is InChI=1S/C18H25N5OS.HI/c1-2-19-18(22-14-16-6-4-12-25-16)21-13-15-5-3-7-20-17(15)23-8-10-24-11-9-23;/h3-7,12H,2,8-11,13-14H2,1H3,(H2,19,21,22);1H. The van der Waals surface area contributed by atoms with E-state index < -0.39 is 0 Å². The van der Waals surface area contributed by atoms with Crippen LogP contribution in [0.25, 0.3) is 0 Å². The van der Waals surface area contributed by atoms with Gasteiger partial charge in [0.2, 0.25) is 0 Å². The summed E-state index contributed by atoms with van der Waals surface area (Å²) < 4.78 is 5.44. The highest BCUT2D eigenvalue weighted by Gasteiger charge is 2.15. The molecule has 0 amide bonds. The Hall–Kier alpha value is -1.39. The molecule has 0 unspecified atom stereocenters. The van der Waals surface area contributed by atoms with Crippen LogP contribution < -0.4 is 15.5 Å². The molecule has 3 rings (SSSR count). The normalized spacial score (nSPS) is 14.7. The molecule has 0 aliphatic carbocycles. The molecule has 0 atom stereocenters. The first kappa shape index (κ1) is 20.9. The molecule has 2 aromatic rings. The van der Waals surface area contributed by atoms with Crippen molar-refractivity contribution in [2.45, 2.75) is 20.0 Å². The maximum absolute atomic E-state index is 5.44. The summed E-state index contributed by atoms with van der Waals surface area (Å²) in [4.78, 5) is 12.9. The van der Waals surface area contributed by atoms with Gasteiger partial charge in [-0.1, -0.05) is 12.1 Å². The summed E-state index contributed by atoms with van der Waals surface area (Å²) in [6, 6.07) is 8.26. The van der Waals surface area contributed by atoms with E-state index >= 15 is 0 Å². The van der Waals surface area contributed by atoms with Crippen LogP contribution in [0.15, 0.2) is 40.8 Å². The van der Waals surface area contributed by atoms with Gasteiger partial charge in [0.05, 0.1) is 26.3 Å². The average molecular weight is 487 g/mol. The van der Waals surface area contributed by atoms with Crippen LogP contribution in [0.2, 0.25) is 0 Å². The largest absolute Gasteiger partial charge is 0.378 e. The van der Waals surface area contributed by atoms with E-state index in [0.717, 1.165) is 56.7 Å². The van der Waals surface area contributed by atoms with Gasteiger partial charge in [-0.2, -0.15) is 0 Å². The van der Waals surface area contributed by atoms with Gasteiger partial charge in [-0.25, -0.2) is 9.98 Å². The van der Waals surface area contributed by atoms with Gasteiger partial charge in [0.15, 0.2) is 5.96 Å². The lowest BCUT2D eigenvalue weighted by Crippen LogP contribution is -2.38. The molecular formula is C18H26IN5OS. The number of aromatic nitrogens is 1. The number of rotatable bonds is 6. The monoisotopic (exact) mass is 487 g/mol. The van der Waals surface area contributed by atoms with Gasteiger partial charge in [-0.15, -0.1) is 35.3 Å². The quantitative estimate of drug-likeness (QED) is 0.373. The van der Waals surface area contributed by atoms with Crippen LogP contribution in [0.1, 0.15) is 17.4 Å². The van der Waals surface area contributed by atoms with Crippen LogP contribution in [0.5, 0.6) is 0 Å². The Kier molecular flexibility index (Phi) is 9.13. The molecule has 8 heteroatoms. The number of nitrogens with one attached hydrogen (secondary N) is 2. The number of anilines is 1. The van der Waals surface area contributed by atoms with Crippen LogP contribution in [0, 0.1) is 0 Å². The molecule has 1 aliphatic rings. The first-order chi connectivity index (χ1) is 12.4. The Morgan fingerprint density at radius 1 is 1.27 bits per heavy atom. The van der Waals surface area contributed by atoms with Crippen molar-refractivity contribution in [3.05, 3.63) is 46.3 Å². The third-order valence-corrected chi connectivity index (χ3v) is 4.82. The fourth-order valence-corrected chi connectivity index (χ4v) is 3.35. The third kappa shape index (κ3) is 6.10. The predicted molar refractivity (Wildman–Crippen MR) is 119 cm³/mol. The lowest BCUT2D eigenvalue weighted by molar-refractivity contribution is 0.122. The molecule has 0 saturated carbocycles. The van der Waals surface area contributed by atoms with E-state index in [1.165, 1.54) is 4.88 Å². The van der Waals surface area contributed by atoms with Gasteiger partial charge in [-0.3, -0.25) is 0 Å². The van der Waals surface area contributed by atoms with E-state index in [4.69, 9.17) is 9.73 Å². The zero-order valence-corrected chi connectivity index (χ0v) is 18.1. The smallest absolute Gasteiger partial charge is 0.191 e. The topological polar surface area (TPSA) is 61.8 Å². The van der Waals surface area contributed by atoms with Crippen LogP contribution in [0.3, 0.4) is 0 Å². The number of halogens is 1. The second kappa shape index (κ2) is 11.3. The Bertz CT molecular complexity index is 674. The summed E-state index contributed by atoms with van der Waals surface area (Å²) in [7, 11) is 0. The number of morpholine rings is 1. The summed E-state index contributed by atoms with van der Waals surface area (Å²) in [5, 5.41) is 8.78. The number of aliphatic imine (C=N–C) groups is 1. The van der Waals surface area contributed by atoms with Crippen LogP contribution in [-0.4, -0.2) is 43.8 Å². The van der Waals surface area contributed by atoms with Gasteiger partial charge in [0.1, 0.15) is 5.82 Å². The van der Waals surface area contributed by atoms with E-state index in [9.17, 15) is 0 Å². The van der Waals surface area contributed by atoms with E-state index in [1.54, 1.807) is 11.3 Å². The van der Waals surface area contributed by atoms with Crippen molar-refractivity contribution in [2.24, 2.45) is 4.99 Å². The molecule has 0 spiro atoms. The summed E-state index contributed by atoms with van der Waals surface area (Å²) in [5.41, 5.74) is 1.14. The fraction of sp³-hybridized carbons (Fsp3) is 0.444. The fourth-order valence-electron chi connectivity index (χ4n) is 2.70. The van der Waals surface area contributed by atoms with Gasteiger partial charge >= 0.3 is 0 Å². The number of pyridine rings is 1. The number of hydrogen-bond donors (Lipinski definition) is 2. The molecule has 2 N–H and O–H groups in total. The summed E-state index contributed by atoms with van der Waals surface area (Å²) >= 11 is 1.74. The first-order valence-corrected chi connectivity index (χ1v) is 9.56.